The highest BCUT2D eigenvalue weighted by Gasteiger charge is 2.15. The number of fused-ring (bicyclic) bond motifs is 1. The fraction of sp³-hybridized carbons (Fsp3) is 0.500. The average Bonchev–Trinajstić information content (AvgIpc) is 2.71. The lowest BCUT2D eigenvalue weighted by Gasteiger charge is -2.25. The van der Waals surface area contributed by atoms with E-state index in [9.17, 15) is 4.79 Å². The van der Waals surface area contributed by atoms with E-state index in [1.165, 1.54) is 0 Å². The van der Waals surface area contributed by atoms with Gasteiger partial charge in [0, 0.05) is 46.2 Å². The molecule has 0 bridgehead atoms. The second kappa shape index (κ2) is 10.6. The molecule has 0 atom stereocenters. The van der Waals surface area contributed by atoms with Crippen LogP contribution in [0, 0.1) is 0 Å². The van der Waals surface area contributed by atoms with Crippen LogP contribution in [0.4, 0.5) is 5.82 Å². The van der Waals surface area contributed by atoms with Crippen LogP contribution < -0.4 is 10.2 Å². The summed E-state index contributed by atoms with van der Waals surface area (Å²) in [4.78, 5) is 27.7. The zero-order chi connectivity index (χ0) is 21.4. The molecule has 0 aliphatic rings. The van der Waals surface area contributed by atoms with Crippen molar-refractivity contribution in [1.29, 1.82) is 0 Å². The monoisotopic (exact) mass is 398 g/mol. The van der Waals surface area contributed by atoms with Crippen molar-refractivity contribution in [2.24, 2.45) is 4.99 Å². The Hall–Kier alpha value is -2.83. The van der Waals surface area contributed by atoms with Gasteiger partial charge in [0.1, 0.15) is 5.82 Å². The number of hydrogen-bond donors (Lipinski definition) is 1. The molecule has 1 heterocycles. The molecule has 0 spiro atoms. The zero-order valence-electron chi connectivity index (χ0n) is 18.6. The van der Waals surface area contributed by atoms with Crippen LogP contribution in [0.1, 0.15) is 26.3 Å². The van der Waals surface area contributed by atoms with Crippen molar-refractivity contribution < 1.29 is 4.79 Å². The van der Waals surface area contributed by atoms with Crippen LogP contribution in [0.2, 0.25) is 0 Å². The summed E-state index contributed by atoms with van der Waals surface area (Å²) in [5.41, 5.74) is 2.07. The van der Waals surface area contributed by atoms with E-state index in [-0.39, 0.29) is 5.91 Å². The molecular formula is C22H34N6O. The first kappa shape index (κ1) is 22.5. The van der Waals surface area contributed by atoms with Crippen molar-refractivity contribution in [3.05, 3.63) is 35.9 Å². The maximum Gasteiger partial charge on any atom is 0.242 e. The Bertz CT molecular complexity index is 844. The van der Waals surface area contributed by atoms with Crippen LogP contribution >= 0.6 is 0 Å². The van der Waals surface area contributed by atoms with Gasteiger partial charge in [-0.05, 0) is 38.5 Å². The summed E-state index contributed by atoms with van der Waals surface area (Å²) >= 11 is 0. The maximum atomic E-state index is 12.5. The van der Waals surface area contributed by atoms with Gasteiger partial charge >= 0.3 is 0 Å². The Kier molecular flexibility index (Phi) is 8.24. The summed E-state index contributed by atoms with van der Waals surface area (Å²) in [6, 6.07) is 10.2. The number of amides is 1. The number of likely N-dealkylation sites (N-methyl/N-ethyl adjacent to an activating group) is 2. The zero-order valence-corrected chi connectivity index (χ0v) is 18.6. The number of nitrogens with zero attached hydrogens (tertiary/aromatic N) is 5. The normalized spacial score (nSPS) is 11.4. The van der Waals surface area contributed by atoms with Crippen molar-refractivity contribution in [3.8, 4) is 0 Å². The van der Waals surface area contributed by atoms with Gasteiger partial charge < -0.3 is 20.0 Å². The van der Waals surface area contributed by atoms with Crippen LogP contribution in [-0.4, -0.2) is 74.0 Å². The largest absolute Gasteiger partial charge is 0.363 e. The molecule has 0 saturated heterocycles. The topological polar surface area (TPSA) is 64.1 Å². The fourth-order valence-electron chi connectivity index (χ4n) is 3.18. The Morgan fingerprint density at radius 3 is 2.41 bits per heavy atom. The molecule has 0 fully saturated rings. The molecule has 0 aliphatic heterocycles. The van der Waals surface area contributed by atoms with Crippen LogP contribution in [-0.2, 0) is 11.3 Å². The molecule has 7 heteroatoms. The Morgan fingerprint density at radius 2 is 1.79 bits per heavy atom. The third-order valence-corrected chi connectivity index (χ3v) is 4.83. The number of guanidine groups is 1. The van der Waals surface area contributed by atoms with Gasteiger partial charge in [0.2, 0.25) is 5.91 Å². The quantitative estimate of drug-likeness (QED) is 0.547. The lowest BCUT2D eigenvalue weighted by Crippen LogP contribution is -2.45. The summed E-state index contributed by atoms with van der Waals surface area (Å²) in [6.45, 7) is 9.00. The van der Waals surface area contributed by atoms with Crippen molar-refractivity contribution in [2.45, 2.75) is 27.3 Å². The maximum absolute atomic E-state index is 12.5. The van der Waals surface area contributed by atoms with Gasteiger partial charge in [-0.3, -0.25) is 4.79 Å². The lowest BCUT2D eigenvalue weighted by atomic mass is 10.1. The molecule has 0 saturated carbocycles. The molecule has 1 amide bonds. The molecular weight excluding hydrogens is 364 g/mol. The van der Waals surface area contributed by atoms with Crippen molar-refractivity contribution in [2.75, 3.05) is 52.2 Å². The molecule has 1 aromatic heterocycles. The smallest absolute Gasteiger partial charge is 0.242 e. The number of carbonyl (C=O) groups is 1. The molecule has 2 rings (SSSR count). The Balaban J connectivity index is 2.29. The average molecular weight is 399 g/mol. The van der Waals surface area contributed by atoms with E-state index in [0.717, 1.165) is 34.8 Å². The number of aromatic nitrogens is 1. The number of carbonyl (C=O) groups excluding carboxylic acids is 1. The molecule has 1 aromatic carbocycles. The minimum absolute atomic E-state index is 0.104. The summed E-state index contributed by atoms with van der Waals surface area (Å²) in [6.07, 6.45) is 0. The number of benzene rings is 1. The second-order valence-electron chi connectivity index (χ2n) is 7.14. The molecule has 0 radical (unpaired) electrons. The van der Waals surface area contributed by atoms with E-state index in [4.69, 9.17) is 9.98 Å². The van der Waals surface area contributed by atoms with E-state index in [1.54, 1.807) is 0 Å². The molecule has 158 valence electrons. The van der Waals surface area contributed by atoms with Crippen LogP contribution in [0.25, 0.3) is 10.9 Å². The number of hydrogen-bond acceptors (Lipinski definition) is 4. The van der Waals surface area contributed by atoms with Crippen molar-refractivity contribution in [3.63, 3.8) is 0 Å². The van der Waals surface area contributed by atoms with Crippen LogP contribution in [0.5, 0.6) is 0 Å². The van der Waals surface area contributed by atoms with Gasteiger partial charge in [0.15, 0.2) is 5.96 Å². The molecule has 0 aliphatic carbocycles. The van der Waals surface area contributed by atoms with E-state index >= 15 is 0 Å². The lowest BCUT2D eigenvalue weighted by molar-refractivity contribution is -0.131. The minimum atomic E-state index is 0.104. The summed E-state index contributed by atoms with van der Waals surface area (Å²) < 4.78 is 0. The van der Waals surface area contributed by atoms with E-state index in [2.05, 4.69) is 17.4 Å². The first-order valence-electron chi connectivity index (χ1n) is 10.2. The van der Waals surface area contributed by atoms with Gasteiger partial charge in [-0.15, -0.1) is 0 Å². The van der Waals surface area contributed by atoms with Gasteiger partial charge in [-0.25, -0.2) is 9.98 Å². The van der Waals surface area contributed by atoms with Gasteiger partial charge in [-0.2, -0.15) is 0 Å². The predicted octanol–water partition coefficient (Wildman–Crippen LogP) is 2.57. The Morgan fingerprint density at radius 1 is 1.10 bits per heavy atom. The molecule has 0 unspecified atom stereocenters. The highest BCUT2D eigenvalue weighted by molar-refractivity contribution is 5.87. The van der Waals surface area contributed by atoms with Crippen LogP contribution in [0.3, 0.4) is 0 Å². The molecule has 7 nitrogen and oxygen atoms in total. The number of pyridine rings is 1. The standard InChI is InChI=1S/C22H34N6O/c1-7-23-22(27(6)16-21(29)28(8-2)9-3)24-15-17-14-20(26(4)5)25-19-13-11-10-12-18(17)19/h10-14H,7-9,15-16H2,1-6H3,(H,23,24). The van der Waals surface area contributed by atoms with E-state index < -0.39 is 0 Å². The van der Waals surface area contributed by atoms with Crippen molar-refractivity contribution >= 4 is 28.6 Å². The van der Waals surface area contributed by atoms with Gasteiger partial charge in [0.05, 0.1) is 18.6 Å². The third-order valence-electron chi connectivity index (χ3n) is 4.83. The first-order chi connectivity index (χ1) is 13.9. The molecule has 29 heavy (non-hydrogen) atoms. The SMILES string of the molecule is CCNC(=NCc1cc(N(C)C)nc2ccccc12)N(C)CC(=O)N(CC)CC. The molecule has 2 aromatic rings. The predicted molar refractivity (Wildman–Crippen MR) is 121 cm³/mol. The highest BCUT2D eigenvalue weighted by Crippen LogP contribution is 2.22. The van der Waals surface area contributed by atoms with E-state index in [0.29, 0.717) is 26.2 Å². The highest BCUT2D eigenvalue weighted by atomic mass is 16.2. The van der Waals surface area contributed by atoms with Crippen LogP contribution in [0.15, 0.2) is 35.3 Å². The second-order valence-corrected chi connectivity index (χ2v) is 7.14. The summed E-state index contributed by atoms with van der Waals surface area (Å²) in [5.74, 6) is 1.73. The van der Waals surface area contributed by atoms with Gasteiger partial charge in [0.25, 0.3) is 0 Å². The number of anilines is 1. The molecule has 1 N–H and O–H groups in total. The third kappa shape index (κ3) is 5.82. The summed E-state index contributed by atoms with van der Waals surface area (Å²) in [7, 11) is 5.88. The van der Waals surface area contributed by atoms with E-state index in [1.807, 2.05) is 74.8 Å². The summed E-state index contributed by atoms with van der Waals surface area (Å²) in [5, 5.41) is 4.39. The van der Waals surface area contributed by atoms with Gasteiger partial charge in [-0.1, -0.05) is 18.2 Å². The van der Waals surface area contributed by atoms with Crippen molar-refractivity contribution in [1.82, 2.24) is 20.1 Å². The number of nitrogens with one attached hydrogen (secondary N) is 1. The number of para-hydroxylation sites is 1. The Labute approximate surface area is 174 Å². The number of rotatable bonds is 8. The first-order valence-corrected chi connectivity index (χ1v) is 10.2. The number of aliphatic imine (C=N–C) groups is 1. The fourth-order valence-corrected chi connectivity index (χ4v) is 3.18. The minimum Gasteiger partial charge on any atom is -0.363 e.